The third kappa shape index (κ3) is 2.28. The van der Waals surface area contributed by atoms with Crippen molar-refractivity contribution in [3.8, 4) is 0 Å². The smallest absolute Gasteiger partial charge is 0.244 e. The Bertz CT molecular complexity index is 314. The van der Waals surface area contributed by atoms with E-state index < -0.39 is 0 Å². The molecule has 1 saturated heterocycles. The predicted molar refractivity (Wildman–Crippen MR) is 59.8 cm³/mol. The summed E-state index contributed by atoms with van der Waals surface area (Å²) in [5.41, 5.74) is 5.52. The lowest BCUT2D eigenvalue weighted by atomic mass is 10.1. The molecule has 1 aliphatic heterocycles. The number of rotatable bonds is 3. The lowest BCUT2D eigenvalue weighted by Gasteiger charge is -2.24. The van der Waals surface area contributed by atoms with Crippen molar-refractivity contribution in [3.63, 3.8) is 0 Å². The molecule has 0 spiro atoms. The van der Waals surface area contributed by atoms with E-state index in [1.165, 1.54) is 19.3 Å². The Hall–Kier alpha value is -1.10. The predicted octanol–water partition coefficient (Wildman–Crippen LogP) is 0.307. The van der Waals surface area contributed by atoms with E-state index in [1.54, 1.807) is 0 Å². The van der Waals surface area contributed by atoms with Crippen molar-refractivity contribution in [1.29, 1.82) is 0 Å². The minimum Gasteiger partial charge on any atom is -0.340 e. The number of aryl methyl sites for hydroxylation is 1. The average molecular weight is 209 g/mol. The zero-order chi connectivity index (χ0) is 10.7. The molecule has 1 fully saturated rings. The van der Waals surface area contributed by atoms with Gasteiger partial charge in [-0.2, -0.15) is 4.98 Å². The molecule has 5 heteroatoms. The van der Waals surface area contributed by atoms with E-state index in [0.717, 1.165) is 31.3 Å². The lowest BCUT2D eigenvalue weighted by Crippen LogP contribution is -2.30. The minimum atomic E-state index is 0.631. The molecule has 0 aromatic carbocycles. The standard InChI is InChI=1S/C10H19N5/c1-14-9(5-6-11)12-10(13-14)15-7-3-2-4-8-15/h2-8,11H2,1H3. The molecule has 1 aromatic rings. The molecule has 0 radical (unpaired) electrons. The fourth-order valence-corrected chi connectivity index (χ4v) is 1.98. The molecule has 0 unspecified atom stereocenters. The highest BCUT2D eigenvalue weighted by molar-refractivity contribution is 5.29. The Balaban J connectivity index is 2.10. The van der Waals surface area contributed by atoms with Crippen molar-refractivity contribution >= 4 is 5.95 Å². The van der Waals surface area contributed by atoms with Crippen LogP contribution < -0.4 is 10.6 Å². The quantitative estimate of drug-likeness (QED) is 0.778. The maximum Gasteiger partial charge on any atom is 0.244 e. The Morgan fingerprint density at radius 2 is 2.00 bits per heavy atom. The first-order valence-electron chi connectivity index (χ1n) is 5.66. The SMILES string of the molecule is Cn1nc(N2CCCCC2)nc1CCN. The molecule has 2 heterocycles. The summed E-state index contributed by atoms with van der Waals surface area (Å²) >= 11 is 0. The first kappa shape index (κ1) is 10.4. The number of hydrogen-bond donors (Lipinski definition) is 1. The van der Waals surface area contributed by atoms with Gasteiger partial charge in [-0.05, 0) is 25.8 Å². The summed E-state index contributed by atoms with van der Waals surface area (Å²) in [6, 6.07) is 0. The third-order valence-electron chi connectivity index (χ3n) is 2.85. The molecule has 0 bridgehead atoms. The Morgan fingerprint density at radius 1 is 1.27 bits per heavy atom. The van der Waals surface area contributed by atoms with Gasteiger partial charge in [0.05, 0.1) is 0 Å². The van der Waals surface area contributed by atoms with Crippen LogP contribution in [-0.2, 0) is 13.5 Å². The maximum atomic E-state index is 5.52. The van der Waals surface area contributed by atoms with Gasteiger partial charge in [0.2, 0.25) is 5.95 Å². The zero-order valence-corrected chi connectivity index (χ0v) is 9.32. The topological polar surface area (TPSA) is 60.0 Å². The minimum absolute atomic E-state index is 0.631. The van der Waals surface area contributed by atoms with Gasteiger partial charge in [-0.25, -0.2) is 0 Å². The van der Waals surface area contributed by atoms with Crippen LogP contribution >= 0.6 is 0 Å². The molecule has 15 heavy (non-hydrogen) atoms. The van der Waals surface area contributed by atoms with Crippen molar-refractivity contribution in [2.75, 3.05) is 24.5 Å². The summed E-state index contributed by atoms with van der Waals surface area (Å²) in [5, 5.41) is 4.43. The van der Waals surface area contributed by atoms with Gasteiger partial charge in [-0.3, -0.25) is 4.68 Å². The van der Waals surface area contributed by atoms with Gasteiger partial charge in [-0.15, -0.1) is 5.10 Å². The highest BCUT2D eigenvalue weighted by Gasteiger charge is 2.16. The third-order valence-corrected chi connectivity index (χ3v) is 2.85. The van der Waals surface area contributed by atoms with Gasteiger partial charge in [0.25, 0.3) is 0 Å². The van der Waals surface area contributed by atoms with Gasteiger partial charge in [-0.1, -0.05) is 0 Å². The molecule has 2 rings (SSSR count). The summed E-state index contributed by atoms with van der Waals surface area (Å²) in [6.07, 6.45) is 4.64. The van der Waals surface area contributed by atoms with Crippen molar-refractivity contribution < 1.29 is 0 Å². The van der Waals surface area contributed by atoms with Gasteiger partial charge in [0.1, 0.15) is 5.82 Å². The van der Waals surface area contributed by atoms with Gasteiger partial charge < -0.3 is 10.6 Å². The summed E-state index contributed by atoms with van der Waals surface area (Å²) in [4.78, 5) is 6.79. The molecule has 0 aliphatic carbocycles. The summed E-state index contributed by atoms with van der Waals surface area (Å²) in [5.74, 6) is 1.86. The van der Waals surface area contributed by atoms with Crippen LogP contribution in [0.4, 0.5) is 5.95 Å². The van der Waals surface area contributed by atoms with E-state index in [-0.39, 0.29) is 0 Å². The van der Waals surface area contributed by atoms with Crippen LogP contribution in [0.2, 0.25) is 0 Å². The van der Waals surface area contributed by atoms with E-state index in [1.807, 2.05) is 11.7 Å². The van der Waals surface area contributed by atoms with Crippen LogP contribution in [0.5, 0.6) is 0 Å². The lowest BCUT2D eigenvalue weighted by molar-refractivity contribution is 0.566. The van der Waals surface area contributed by atoms with Crippen molar-refractivity contribution in [2.24, 2.45) is 12.8 Å². The molecular formula is C10H19N5. The first-order valence-corrected chi connectivity index (χ1v) is 5.66. The van der Waals surface area contributed by atoms with E-state index in [2.05, 4.69) is 15.0 Å². The Labute approximate surface area is 90.3 Å². The Kier molecular flexibility index (Phi) is 3.20. The molecule has 0 atom stereocenters. The van der Waals surface area contributed by atoms with E-state index in [9.17, 15) is 0 Å². The number of nitrogens with two attached hydrogens (primary N) is 1. The highest BCUT2D eigenvalue weighted by atomic mass is 15.4. The van der Waals surface area contributed by atoms with Crippen LogP contribution in [-0.4, -0.2) is 34.4 Å². The molecule has 1 aromatic heterocycles. The normalized spacial score (nSPS) is 17.1. The number of aromatic nitrogens is 3. The maximum absolute atomic E-state index is 5.52. The van der Waals surface area contributed by atoms with Crippen molar-refractivity contribution in [1.82, 2.24) is 14.8 Å². The summed E-state index contributed by atoms with van der Waals surface area (Å²) < 4.78 is 1.84. The molecular weight excluding hydrogens is 190 g/mol. The van der Waals surface area contributed by atoms with Crippen LogP contribution in [0.25, 0.3) is 0 Å². The van der Waals surface area contributed by atoms with Gasteiger partial charge in [0, 0.05) is 26.6 Å². The monoisotopic (exact) mass is 209 g/mol. The second-order valence-corrected chi connectivity index (χ2v) is 4.04. The number of nitrogens with zero attached hydrogens (tertiary/aromatic N) is 4. The summed E-state index contributed by atoms with van der Waals surface area (Å²) in [7, 11) is 1.94. The van der Waals surface area contributed by atoms with Crippen LogP contribution in [0.1, 0.15) is 25.1 Å². The van der Waals surface area contributed by atoms with E-state index >= 15 is 0 Å². The summed E-state index contributed by atoms with van der Waals surface area (Å²) in [6.45, 7) is 2.81. The fourth-order valence-electron chi connectivity index (χ4n) is 1.98. The van der Waals surface area contributed by atoms with Gasteiger partial charge in [0.15, 0.2) is 0 Å². The van der Waals surface area contributed by atoms with Gasteiger partial charge >= 0.3 is 0 Å². The van der Waals surface area contributed by atoms with Crippen LogP contribution in [0, 0.1) is 0 Å². The average Bonchev–Trinajstić information content (AvgIpc) is 2.63. The van der Waals surface area contributed by atoms with Crippen LogP contribution in [0.3, 0.4) is 0 Å². The highest BCUT2D eigenvalue weighted by Crippen LogP contribution is 2.15. The zero-order valence-electron chi connectivity index (χ0n) is 9.32. The number of anilines is 1. The molecule has 84 valence electrons. The molecule has 2 N–H and O–H groups in total. The fraction of sp³-hybridized carbons (Fsp3) is 0.800. The first-order chi connectivity index (χ1) is 7.31. The van der Waals surface area contributed by atoms with Crippen molar-refractivity contribution in [2.45, 2.75) is 25.7 Å². The van der Waals surface area contributed by atoms with E-state index in [4.69, 9.17) is 5.73 Å². The molecule has 0 saturated carbocycles. The second kappa shape index (κ2) is 4.61. The number of piperidine rings is 1. The molecule has 1 aliphatic rings. The van der Waals surface area contributed by atoms with E-state index in [0.29, 0.717) is 6.54 Å². The second-order valence-electron chi connectivity index (χ2n) is 4.04. The molecule has 0 amide bonds. The largest absolute Gasteiger partial charge is 0.340 e. The Morgan fingerprint density at radius 3 is 2.67 bits per heavy atom. The number of hydrogen-bond acceptors (Lipinski definition) is 4. The molecule has 5 nitrogen and oxygen atoms in total. The van der Waals surface area contributed by atoms with Crippen molar-refractivity contribution in [3.05, 3.63) is 5.82 Å². The van der Waals surface area contributed by atoms with Crippen LogP contribution in [0.15, 0.2) is 0 Å².